The molecule has 15 heavy (non-hydrogen) atoms. The summed E-state index contributed by atoms with van der Waals surface area (Å²) < 4.78 is 1.38. The van der Waals surface area contributed by atoms with Crippen molar-refractivity contribution in [2.24, 2.45) is 0 Å². The number of hydrogen-bond acceptors (Lipinski definition) is 3. The molecule has 1 fully saturated rings. The molecule has 0 aliphatic heterocycles. The molecule has 5 heteroatoms. The van der Waals surface area contributed by atoms with Crippen LogP contribution in [0.4, 0.5) is 0 Å². The lowest BCUT2D eigenvalue weighted by molar-refractivity contribution is 0.762. The van der Waals surface area contributed by atoms with Gasteiger partial charge in [0, 0.05) is 30.1 Å². The third-order valence-electron chi connectivity index (χ3n) is 2.51. The van der Waals surface area contributed by atoms with Crippen LogP contribution in [0.15, 0.2) is 29.3 Å². The summed E-state index contributed by atoms with van der Waals surface area (Å²) in [5.41, 5.74) is 0.899. The molecule has 2 aromatic heterocycles. The summed E-state index contributed by atoms with van der Waals surface area (Å²) in [6.45, 7) is 0. The third kappa shape index (κ3) is 1.45. The third-order valence-corrected chi connectivity index (χ3v) is 2.51. The minimum atomic E-state index is -0.0944. The Morgan fingerprint density at radius 1 is 1.33 bits per heavy atom. The van der Waals surface area contributed by atoms with Crippen molar-refractivity contribution < 1.29 is 0 Å². The summed E-state index contributed by atoms with van der Waals surface area (Å²) in [4.78, 5) is 19.7. The molecule has 0 radical (unpaired) electrons. The van der Waals surface area contributed by atoms with E-state index in [0.717, 1.165) is 18.5 Å². The van der Waals surface area contributed by atoms with E-state index in [1.54, 1.807) is 24.5 Å². The summed E-state index contributed by atoms with van der Waals surface area (Å²) in [5.74, 6) is 0.928. The predicted molar refractivity (Wildman–Crippen MR) is 54.0 cm³/mol. The first-order valence-electron chi connectivity index (χ1n) is 4.94. The second kappa shape index (κ2) is 3.05. The van der Waals surface area contributed by atoms with Crippen molar-refractivity contribution in [2.75, 3.05) is 0 Å². The molecule has 0 bridgehead atoms. The minimum Gasteiger partial charge on any atom is -0.292 e. The molecule has 2 heterocycles. The van der Waals surface area contributed by atoms with Gasteiger partial charge in [0.05, 0.1) is 0 Å². The van der Waals surface area contributed by atoms with Gasteiger partial charge in [-0.2, -0.15) is 4.68 Å². The molecule has 0 atom stereocenters. The van der Waals surface area contributed by atoms with E-state index in [1.165, 1.54) is 4.68 Å². The highest BCUT2D eigenvalue weighted by atomic mass is 16.1. The van der Waals surface area contributed by atoms with Crippen LogP contribution in [-0.4, -0.2) is 19.7 Å². The highest BCUT2D eigenvalue weighted by Gasteiger charge is 2.26. The van der Waals surface area contributed by atoms with E-state index in [-0.39, 0.29) is 5.56 Å². The lowest BCUT2D eigenvalue weighted by Crippen LogP contribution is -2.16. The van der Waals surface area contributed by atoms with Crippen LogP contribution in [0, 0.1) is 0 Å². The van der Waals surface area contributed by atoms with Gasteiger partial charge in [-0.3, -0.25) is 9.89 Å². The summed E-state index contributed by atoms with van der Waals surface area (Å²) in [5, 5.41) is 3.04. The van der Waals surface area contributed by atoms with Gasteiger partial charge < -0.3 is 0 Å². The Morgan fingerprint density at radius 3 is 2.73 bits per heavy atom. The van der Waals surface area contributed by atoms with Gasteiger partial charge in [0.25, 0.3) is 11.5 Å². The molecule has 0 unspecified atom stereocenters. The van der Waals surface area contributed by atoms with Crippen molar-refractivity contribution in [1.82, 2.24) is 19.7 Å². The SMILES string of the molecule is O=c1cc(C2CC2)[nH]n1-c1ncccn1. The van der Waals surface area contributed by atoms with E-state index in [2.05, 4.69) is 15.1 Å². The number of H-pyrrole nitrogens is 1. The Morgan fingerprint density at radius 2 is 2.07 bits per heavy atom. The first-order chi connectivity index (χ1) is 7.34. The second-order valence-corrected chi connectivity index (χ2v) is 3.71. The molecule has 0 saturated heterocycles. The molecule has 1 saturated carbocycles. The Bertz CT molecular complexity index is 524. The van der Waals surface area contributed by atoms with Gasteiger partial charge in [-0.25, -0.2) is 9.97 Å². The first kappa shape index (κ1) is 8.40. The predicted octanol–water partition coefficient (Wildman–Crippen LogP) is 0.833. The minimum absolute atomic E-state index is 0.0944. The van der Waals surface area contributed by atoms with Crippen molar-refractivity contribution in [3.8, 4) is 5.95 Å². The largest absolute Gasteiger partial charge is 0.292 e. The van der Waals surface area contributed by atoms with Crippen LogP contribution in [-0.2, 0) is 0 Å². The first-order valence-corrected chi connectivity index (χ1v) is 4.94. The van der Waals surface area contributed by atoms with E-state index < -0.39 is 0 Å². The van der Waals surface area contributed by atoms with Crippen LogP contribution in [0.3, 0.4) is 0 Å². The Balaban J connectivity index is 2.08. The maximum absolute atomic E-state index is 11.6. The number of nitrogens with one attached hydrogen (secondary N) is 1. The van der Waals surface area contributed by atoms with E-state index >= 15 is 0 Å². The Hall–Kier alpha value is -1.91. The lowest BCUT2D eigenvalue weighted by Gasteiger charge is -1.97. The molecule has 76 valence electrons. The van der Waals surface area contributed by atoms with Crippen LogP contribution >= 0.6 is 0 Å². The Kier molecular flexibility index (Phi) is 1.71. The van der Waals surface area contributed by atoms with Gasteiger partial charge in [-0.15, -0.1) is 0 Å². The standard InChI is InChI=1S/C10H10N4O/c15-9-6-8(7-2-3-7)13-14(9)10-11-4-1-5-12-10/h1,4-7,13H,2-3H2. The van der Waals surface area contributed by atoms with Gasteiger partial charge in [-0.05, 0) is 18.9 Å². The van der Waals surface area contributed by atoms with Crippen molar-refractivity contribution in [3.05, 3.63) is 40.6 Å². The molecule has 1 aliphatic carbocycles. The highest BCUT2D eigenvalue weighted by Crippen LogP contribution is 2.38. The number of rotatable bonds is 2. The molecule has 1 aliphatic rings. The van der Waals surface area contributed by atoms with Crippen LogP contribution < -0.4 is 5.56 Å². The second-order valence-electron chi connectivity index (χ2n) is 3.71. The van der Waals surface area contributed by atoms with Crippen LogP contribution in [0.25, 0.3) is 5.95 Å². The van der Waals surface area contributed by atoms with Gasteiger partial charge in [-0.1, -0.05) is 0 Å². The fourth-order valence-electron chi connectivity index (χ4n) is 1.57. The van der Waals surface area contributed by atoms with Gasteiger partial charge in [0.2, 0.25) is 0 Å². The molecule has 3 rings (SSSR count). The molecule has 0 spiro atoms. The monoisotopic (exact) mass is 202 g/mol. The van der Waals surface area contributed by atoms with E-state index in [9.17, 15) is 4.79 Å². The van der Waals surface area contributed by atoms with E-state index in [4.69, 9.17) is 0 Å². The summed E-state index contributed by atoms with van der Waals surface area (Å²) in [6, 6.07) is 3.35. The smallest absolute Gasteiger partial charge is 0.274 e. The number of aromatic nitrogens is 4. The topological polar surface area (TPSA) is 63.6 Å². The number of nitrogens with zero attached hydrogens (tertiary/aromatic N) is 3. The number of aromatic amines is 1. The normalized spacial score (nSPS) is 15.5. The zero-order valence-electron chi connectivity index (χ0n) is 8.05. The quantitative estimate of drug-likeness (QED) is 0.784. The van der Waals surface area contributed by atoms with Gasteiger partial charge in [0.1, 0.15) is 0 Å². The average molecular weight is 202 g/mol. The molecule has 0 aromatic carbocycles. The van der Waals surface area contributed by atoms with Crippen molar-refractivity contribution in [3.63, 3.8) is 0 Å². The van der Waals surface area contributed by atoms with Gasteiger partial charge in [0.15, 0.2) is 0 Å². The zero-order valence-corrected chi connectivity index (χ0v) is 8.05. The fraction of sp³-hybridized carbons (Fsp3) is 0.300. The molecular weight excluding hydrogens is 192 g/mol. The van der Waals surface area contributed by atoms with Crippen molar-refractivity contribution in [2.45, 2.75) is 18.8 Å². The van der Waals surface area contributed by atoms with Crippen LogP contribution in [0.1, 0.15) is 24.5 Å². The fourth-order valence-corrected chi connectivity index (χ4v) is 1.57. The Labute approximate surface area is 85.8 Å². The maximum atomic E-state index is 11.6. The molecule has 0 amide bonds. The van der Waals surface area contributed by atoms with Crippen molar-refractivity contribution in [1.29, 1.82) is 0 Å². The van der Waals surface area contributed by atoms with E-state index in [1.807, 2.05) is 0 Å². The van der Waals surface area contributed by atoms with Gasteiger partial charge >= 0.3 is 0 Å². The summed E-state index contributed by atoms with van der Waals surface area (Å²) in [6.07, 6.45) is 5.56. The summed E-state index contributed by atoms with van der Waals surface area (Å²) in [7, 11) is 0. The van der Waals surface area contributed by atoms with Crippen molar-refractivity contribution >= 4 is 0 Å². The highest BCUT2D eigenvalue weighted by molar-refractivity contribution is 5.17. The zero-order chi connectivity index (χ0) is 10.3. The van der Waals surface area contributed by atoms with E-state index in [0.29, 0.717) is 11.9 Å². The average Bonchev–Trinajstić information content (AvgIpc) is 3.04. The molecule has 1 N–H and O–H groups in total. The molecule has 2 aromatic rings. The molecule has 5 nitrogen and oxygen atoms in total. The van der Waals surface area contributed by atoms with Crippen LogP contribution in [0.2, 0.25) is 0 Å². The lowest BCUT2D eigenvalue weighted by atomic mass is 10.3. The maximum Gasteiger partial charge on any atom is 0.274 e. The number of hydrogen-bond donors (Lipinski definition) is 1. The molecular formula is C10H10N4O. The summed E-state index contributed by atoms with van der Waals surface area (Å²) >= 11 is 0. The van der Waals surface area contributed by atoms with Crippen LogP contribution in [0.5, 0.6) is 0 Å².